The SMILES string of the molecule is Cc1ccc(S(=O)(=O)Nc2c(C(O[P+](=O)O)(c3ccccc3)c3cccc(C)c3-c3ccccc3)oc3ccccc23)cc1. The number of hydrogen-bond acceptors (Lipinski definition) is 5. The highest BCUT2D eigenvalue weighted by Gasteiger charge is 2.52. The molecule has 0 bridgehead atoms. The molecule has 2 N–H and O–H groups in total. The summed E-state index contributed by atoms with van der Waals surface area (Å²) in [6.07, 6.45) is 0. The Morgan fingerprint density at radius 2 is 1.41 bits per heavy atom. The van der Waals surface area contributed by atoms with Gasteiger partial charge in [-0.2, -0.15) is 0 Å². The van der Waals surface area contributed by atoms with Crippen LogP contribution in [0.25, 0.3) is 22.1 Å². The minimum atomic E-state index is -4.14. The molecular formula is C35H29NO6PS+. The summed E-state index contributed by atoms with van der Waals surface area (Å²) < 4.78 is 56.0. The minimum absolute atomic E-state index is 0.0146. The van der Waals surface area contributed by atoms with Crippen molar-refractivity contribution in [3.05, 3.63) is 155 Å². The smallest absolute Gasteiger partial charge is 0.455 e. The van der Waals surface area contributed by atoms with Crippen LogP contribution >= 0.6 is 8.25 Å². The molecular weight excluding hydrogens is 593 g/mol. The highest BCUT2D eigenvalue weighted by molar-refractivity contribution is 7.92. The van der Waals surface area contributed by atoms with Crippen LogP contribution in [0.5, 0.6) is 0 Å². The van der Waals surface area contributed by atoms with Crippen LogP contribution in [0.1, 0.15) is 28.0 Å². The van der Waals surface area contributed by atoms with Crippen molar-refractivity contribution in [1.82, 2.24) is 0 Å². The number of fused-ring (bicyclic) bond motifs is 1. The van der Waals surface area contributed by atoms with Gasteiger partial charge in [-0.1, -0.05) is 113 Å². The van der Waals surface area contributed by atoms with Crippen LogP contribution in [-0.2, 0) is 24.7 Å². The molecule has 0 aliphatic rings. The first-order chi connectivity index (χ1) is 21.2. The van der Waals surface area contributed by atoms with Gasteiger partial charge in [0.15, 0.2) is 5.76 Å². The van der Waals surface area contributed by atoms with E-state index in [1.807, 2.05) is 68.4 Å². The standard InChI is InChI=1S/C35H28NO6PS/c1-24-20-22-28(23-21-24)44(39,40)36-33-29-17-9-10-19-31(29)41-34(33)35(42-43(37)38,27-15-7-4-8-16-27)30-18-11-12-25(2)32(30)26-13-5-3-6-14-26/h3-23,36H,1-2H3/p+1. The molecule has 44 heavy (non-hydrogen) atoms. The van der Waals surface area contributed by atoms with Crippen LogP contribution < -0.4 is 4.72 Å². The second-order valence-electron chi connectivity index (χ2n) is 10.5. The minimum Gasteiger partial charge on any atom is -0.455 e. The third kappa shape index (κ3) is 5.34. The second-order valence-corrected chi connectivity index (χ2v) is 12.8. The van der Waals surface area contributed by atoms with Gasteiger partial charge in [0.1, 0.15) is 11.3 Å². The number of anilines is 1. The van der Waals surface area contributed by atoms with E-state index in [0.29, 0.717) is 22.1 Å². The van der Waals surface area contributed by atoms with E-state index in [0.717, 1.165) is 22.3 Å². The average molecular weight is 623 g/mol. The lowest BCUT2D eigenvalue weighted by Crippen LogP contribution is -2.32. The molecule has 2 unspecified atom stereocenters. The molecule has 0 saturated carbocycles. The zero-order valence-corrected chi connectivity index (χ0v) is 25.7. The fourth-order valence-corrected chi connectivity index (χ4v) is 7.20. The van der Waals surface area contributed by atoms with Gasteiger partial charge in [-0.05, 0) is 54.8 Å². The topological polar surface area (TPSA) is 106 Å². The maximum Gasteiger partial charge on any atom is 0.696 e. The van der Waals surface area contributed by atoms with Crippen molar-refractivity contribution in [2.75, 3.05) is 4.72 Å². The Labute approximate surface area is 256 Å². The number of benzene rings is 5. The van der Waals surface area contributed by atoms with E-state index < -0.39 is 23.9 Å². The fourth-order valence-electron chi connectivity index (χ4n) is 5.60. The van der Waals surface area contributed by atoms with E-state index in [4.69, 9.17) is 8.94 Å². The van der Waals surface area contributed by atoms with Gasteiger partial charge in [-0.15, -0.1) is 4.89 Å². The third-order valence-electron chi connectivity index (χ3n) is 7.59. The molecule has 0 saturated heterocycles. The van der Waals surface area contributed by atoms with Crippen LogP contribution in [0.4, 0.5) is 5.69 Å². The van der Waals surface area contributed by atoms with Crippen LogP contribution in [0.15, 0.2) is 137 Å². The molecule has 0 spiro atoms. The van der Waals surface area contributed by atoms with Gasteiger partial charge >= 0.3 is 8.25 Å². The summed E-state index contributed by atoms with van der Waals surface area (Å²) >= 11 is 0. The summed E-state index contributed by atoms with van der Waals surface area (Å²) in [5.41, 5.74) is 2.95. The first-order valence-electron chi connectivity index (χ1n) is 13.9. The molecule has 0 radical (unpaired) electrons. The highest BCUT2D eigenvalue weighted by atomic mass is 32.2. The van der Waals surface area contributed by atoms with Gasteiger partial charge in [0.25, 0.3) is 10.0 Å². The lowest BCUT2D eigenvalue weighted by molar-refractivity contribution is 0.123. The molecule has 0 aliphatic carbocycles. The maximum atomic E-state index is 13.9. The molecule has 0 fully saturated rings. The largest absolute Gasteiger partial charge is 0.696 e. The molecule has 7 nitrogen and oxygen atoms in total. The van der Waals surface area contributed by atoms with Gasteiger partial charge in [-0.3, -0.25) is 4.72 Å². The summed E-state index contributed by atoms with van der Waals surface area (Å²) in [6, 6.07) is 37.6. The summed E-state index contributed by atoms with van der Waals surface area (Å²) in [7, 11) is -7.40. The van der Waals surface area contributed by atoms with E-state index in [-0.39, 0.29) is 16.3 Å². The van der Waals surface area contributed by atoms with Gasteiger partial charge in [0, 0.05) is 21.1 Å². The lowest BCUT2D eigenvalue weighted by atomic mass is 9.78. The van der Waals surface area contributed by atoms with Gasteiger partial charge in [0.05, 0.1) is 4.90 Å². The van der Waals surface area contributed by atoms with Crippen molar-refractivity contribution in [1.29, 1.82) is 0 Å². The number of hydrogen-bond donors (Lipinski definition) is 2. The number of sulfonamides is 1. The van der Waals surface area contributed by atoms with Gasteiger partial charge in [-0.25, -0.2) is 8.42 Å². The van der Waals surface area contributed by atoms with E-state index in [2.05, 4.69) is 4.72 Å². The molecule has 9 heteroatoms. The van der Waals surface area contributed by atoms with Crippen molar-refractivity contribution in [2.45, 2.75) is 24.3 Å². The summed E-state index contributed by atoms with van der Waals surface area (Å²) in [4.78, 5) is 10.6. The Bertz CT molecular complexity index is 2080. The van der Waals surface area contributed by atoms with Crippen molar-refractivity contribution < 1.29 is 26.8 Å². The predicted molar refractivity (Wildman–Crippen MR) is 172 cm³/mol. The number of para-hydroxylation sites is 1. The van der Waals surface area contributed by atoms with E-state index in [1.165, 1.54) is 12.1 Å². The van der Waals surface area contributed by atoms with E-state index in [9.17, 15) is 17.9 Å². The normalized spacial score (nSPS) is 13.4. The molecule has 2 atom stereocenters. The van der Waals surface area contributed by atoms with Crippen LogP contribution in [0, 0.1) is 13.8 Å². The molecule has 6 aromatic rings. The Kier molecular flexibility index (Phi) is 7.93. The Morgan fingerprint density at radius 1 is 0.773 bits per heavy atom. The monoisotopic (exact) mass is 622 g/mol. The van der Waals surface area contributed by atoms with Crippen LogP contribution in [0.2, 0.25) is 0 Å². The Hall–Kier alpha value is -4.59. The average Bonchev–Trinajstić information content (AvgIpc) is 3.38. The zero-order valence-electron chi connectivity index (χ0n) is 24.0. The number of furan rings is 1. The maximum absolute atomic E-state index is 13.9. The van der Waals surface area contributed by atoms with Crippen molar-refractivity contribution in [3.8, 4) is 11.1 Å². The zero-order chi connectivity index (χ0) is 30.9. The summed E-state index contributed by atoms with van der Waals surface area (Å²) in [6.45, 7) is 3.82. The molecule has 1 aromatic heterocycles. The highest BCUT2D eigenvalue weighted by Crippen LogP contribution is 2.53. The molecule has 0 amide bonds. The van der Waals surface area contributed by atoms with Gasteiger partial charge in [0.2, 0.25) is 5.60 Å². The first-order valence-corrected chi connectivity index (χ1v) is 16.5. The predicted octanol–water partition coefficient (Wildman–Crippen LogP) is 8.48. The quantitative estimate of drug-likeness (QED) is 0.157. The number of rotatable bonds is 9. The first kappa shape index (κ1) is 29.5. The van der Waals surface area contributed by atoms with Crippen molar-refractivity contribution in [2.24, 2.45) is 0 Å². The second kappa shape index (κ2) is 11.8. The molecule has 1 heterocycles. The van der Waals surface area contributed by atoms with Crippen molar-refractivity contribution in [3.63, 3.8) is 0 Å². The van der Waals surface area contributed by atoms with Gasteiger partial charge < -0.3 is 4.42 Å². The third-order valence-corrected chi connectivity index (χ3v) is 9.39. The fraction of sp³-hybridized carbons (Fsp3) is 0.0857. The Balaban J connectivity index is 1.73. The van der Waals surface area contributed by atoms with E-state index >= 15 is 0 Å². The van der Waals surface area contributed by atoms with Crippen molar-refractivity contribution >= 4 is 34.9 Å². The summed E-state index contributed by atoms with van der Waals surface area (Å²) in [5.74, 6) is 0.0146. The lowest BCUT2D eigenvalue weighted by Gasteiger charge is -2.30. The van der Waals surface area contributed by atoms with Crippen LogP contribution in [0.3, 0.4) is 0 Å². The van der Waals surface area contributed by atoms with E-state index in [1.54, 1.807) is 60.7 Å². The number of nitrogens with one attached hydrogen (secondary N) is 1. The molecule has 220 valence electrons. The molecule has 0 aliphatic heterocycles. The molecule has 6 rings (SSSR count). The Morgan fingerprint density at radius 3 is 2.09 bits per heavy atom. The number of aryl methyl sites for hydroxylation is 2. The molecule has 5 aromatic carbocycles. The summed E-state index contributed by atoms with van der Waals surface area (Å²) in [5, 5.41) is 0.462. The van der Waals surface area contributed by atoms with Crippen LogP contribution in [-0.4, -0.2) is 13.3 Å².